The lowest BCUT2D eigenvalue weighted by Gasteiger charge is -2.20. The molecule has 6 heteroatoms. The van der Waals surface area contributed by atoms with Gasteiger partial charge < -0.3 is 20.3 Å². The second-order valence-electron chi connectivity index (χ2n) is 6.26. The summed E-state index contributed by atoms with van der Waals surface area (Å²) in [4.78, 5) is 11.7. The summed E-state index contributed by atoms with van der Waals surface area (Å²) >= 11 is 6.12. The van der Waals surface area contributed by atoms with E-state index in [9.17, 15) is 15.0 Å². The van der Waals surface area contributed by atoms with Crippen molar-refractivity contribution in [3.8, 4) is 0 Å². The number of halogens is 1. The number of ether oxygens (including phenoxy) is 1. The van der Waals surface area contributed by atoms with Crippen molar-refractivity contribution in [2.45, 2.75) is 39.1 Å². The van der Waals surface area contributed by atoms with Crippen LogP contribution in [-0.4, -0.2) is 29.0 Å². The van der Waals surface area contributed by atoms with Crippen molar-refractivity contribution in [1.29, 1.82) is 0 Å². The fraction of sp³-hybridized carbons (Fsp3) is 0.350. The predicted octanol–water partition coefficient (Wildman–Crippen LogP) is 3.67. The summed E-state index contributed by atoms with van der Waals surface area (Å²) in [5.74, 6) is 0. The number of carbonyl (C=O) groups is 1. The van der Waals surface area contributed by atoms with Crippen LogP contribution in [0.4, 0.5) is 4.79 Å². The molecule has 0 heterocycles. The molecule has 0 aliphatic rings. The molecule has 2 aromatic rings. The van der Waals surface area contributed by atoms with Crippen molar-refractivity contribution < 1.29 is 19.7 Å². The Labute approximate surface area is 158 Å². The van der Waals surface area contributed by atoms with Crippen LogP contribution >= 0.6 is 11.6 Å². The van der Waals surface area contributed by atoms with Crippen LogP contribution in [0.2, 0.25) is 5.02 Å². The van der Waals surface area contributed by atoms with E-state index in [1.165, 1.54) is 0 Å². The van der Waals surface area contributed by atoms with Gasteiger partial charge in [0.1, 0.15) is 12.7 Å². The molecule has 0 aliphatic carbocycles. The van der Waals surface area contributed by atoms with Crippen molar-refractivity contribution in [3.05, 3.63) is 69.7 Å². The van der Waals surface area contributed by atoms with Gasteiger partial charge in [-0.3, -0.25) is 0 Å². The third-order valence-corrected chi connectivity index (χ3v) is 4.68. The summed E-state index contributed by atoms with van der Waals surface area (Å²) in [5.41, 5.74) is 3.18. The Bertz CT molecular complexity index is 713. The molecule has 0 aromatic heterocycles. The topological polar surface area (TPSA) is 78.8 Å². The second-order valence-corrected chi connectivity index (χ2v) is 6.64. The summed E-state index contributed by atoms with van der Waals surface area (Å²) in [6.07, 6.45) is -2.42. The fourth-order valence-corrected chi connectivity index (χ4v) is 2.74. The third kappa shape index (κ3) is 5.73. The van der Waals surface area contributed by atoms with Crippen LogP contribution in [0.5, 0.6) is 0 Å². The maximum atomic E-state index is 11.7. The van der Waals surface area contributed by atoms with Crippen molar-refractivity contribution in [2.24, 2.45) is 0 Å². The lowest BCUT2D eigenvalue weighted by Crippen LogP contribution is -2.29. The van der Waals surface area contributed by atoms with Gasteiger partial charge in [0.25, 0.3) is 0 Å². The predicted molar refractivity (Wildman–Crippen MR) is 101 cm³/mol. The molecule has 2 atom stereocenters. The summed E-state index contributed by atoms with van der Waals surface area (Å²) in [6, 6.07) is 12.9. The van der Waals surface area contributed by atoms with Gasteiger partial charge in [-0.15, -0.1) is 0 Å². The first-order valence-corrected chi connectivity index (χ1v) is 8.83. The summed E-state index contributed by atoms with van der Waals surface area (Å²) in [7, 11) is 0. The molecule has 2 unspecified atom stereocenters. The van der Waals surface area contributed by atoms with E-state index in [2.05, 4.69) is 5.32 Å². The third-order valence-electron chi connectivity index (χ3n) is 4.09. The van der Waals surface area contributed by atoms with Gasteiger partial charge in [0.05, 0.1) is 6.10 Å². The Balaban J connectivity index is 1.77. The minimum atomic E-state index is -1.05. The minimum Gasteiger partial charge on any atom is -0.445 e. The number of rotatable bonds is 7. The summed E-state index contributed by atoms with van der Waals surface area (Å²) in [5, 5.41) is 23.7. The Morgan fingerprint density at radius 3 is 2.38 bits per heavy atom. The minimum absolute atomic E-state index is 0.182. The van der Waals surface area contributed by atoms with E-state index in [-0.39, 0.29) is 19.6 Å². The van der Waals surface area contributed by atoms with Crippen LogP contribution in [0.1, 0.15) is 34.8 Å². The number of carbonyl (C=O) groups excluding carboxylic acids is 1. The number of benzene rings is 2. The molecule has 3 N–H and O–H groups in total. The van der Waals surface area contributed by atoms with Gasteiger partial charge in [-0.1, -0.05) is 54.1 Å². The van der Waals surface area contributed by atoms with Crippen LogP contribution in [0.15, 0.2) is 42.5 Å². The van der Waals surface area contributed by atoms with Gasteiger partial charge in [-0.25, -0.2) is 4.79 Å². The first-order chi connectivity index (χ1) is 12.4. The molecular formula is C20H24ClNO4. The van der Waals surface area contributed by atoms with Crippen LogP contribution in [0, 0.1) is 13.8 Å². The Hall–Kier alpha value is -2.08. The molecule has 5 nitrogen and oxygen atoms in total. The van der Waals surface area contributed by atoms with Gasteiger partial charge in [0.15, 0.2) is 0 Å². The van der Waals surface area contributed by atoms with Gasteiger partial charge in [-0.2, -0.15) is 0 Å². The maximum absolute atomic E-state index is 11.7. The smallest absolute Gasteiger partial charge is 0.407 e. The normalized spacial score (nSPS) is 13.1. The largest absolute Gasteiger partial charge is 0.445 e. The van der Waals surface area contributed by atoms with E-state index < -0.39 is 18.3 Å². The van der Waals surface area contributed by atoms with Crippen LogP contribution < -0.4 is 5.32 Å². The SMILES string of the molecule is Cc1cc(C(O)C(O)CCNC(=O)OCc2ccccc2)cc(C)c1Cl. The van der Waals surface area contributed by atoms with Crippen molar-refractivity contribution in [3.63, 3.8) is 0 Å². The summed E-state index contributed by atoms with van der Waals surface area (Å²) < 4.78 is 5.09. The van der Waals surface area contributed by atoms with Crippen LogP contribution in [0.25, 0.3) is 0 Å². The maximum Gasteiger partial charge on any atom is 0.407 e. The van der Waals surface area contributed by atoms with E-state index >= 15 is 0 Å². The van der Waals surface area contributed by atoms with Gasteiger partial charge in [-0.05, 0) is 42.5 Å². The molecule has 26 heavy (non-hydrogen) atoms. The number of aliphatic hydroxyl groups excluding tert-OH is 2. The first kappa shape index (κ1) is 20.2. The lowest BCUT2D eigenvalue weighted by molar-refractivity contribution is 0.0136. The molecule has 0 spiro atoms. The Morgan fingerprint density at radius 2 is 1.77 bits per heavy atom. The van der Waals surface area contributed by atoms with Crippen LogP contribution in [0.3, 0.4) is 0 Å². The number of aliphatic hydroxyl groups is 2. The fourth-order valence-electron chi connectivity index (χ4n) is 2.63. The molecule has 0 saturated heterocycles. The molecule has 2 aromatic carbocycles. The zero-order chi connectivity index (χ0) is 19.1. The lowest BCUT2D eigenvalue weighted by atomic mass is 9.98. The molecule has 1 amide bonds. The Kier molecular flexibility index (Phi) is 7.45. The zero-order valence-electron chi connectivity index (χ0n) is 14.9. The number of hydrogen-bond acceptors (Lipinski definition) is 4. The highest BCUT2D eigenvalue weighted by Crippen LogP contribution is 2.27. The highest BCUT2D eigenvalue weighted by molar-refractivity contribution is 6.32. The quantitative estimate of drug-likeness (QED) is 0.688. The van der Waals surface area contributed by atoms with E-state index in [1.807, 2.05) is 44.2 Å². The standard InChI is InChI=1S/C20H24ClNO4/c1-13-10-16(11-14(2)18(13)21)19(24)17(23)8-9-22-20(25)26-12-15-6-4-3-5-7-15/h3-7,10-11,17,19,23-24H,8-9,12H2,1-2H3,(H,22,25). The van der Waals surface area contributed by atoms with Gasteiger partial charge in [0.2, 0.25) is 0 Å². The second kappa shape index (κ2) is 9.57. The number of amides is 1. The molecular weight excluding hydrogens is 354 g/mol. The van der Waals surface area contributed by atoms with E-state index in [4.69, 9.17) is 16.3 Å². The molecule has 0 radical (unpaired) electrons. The monoisotopic (exact) mass is 377 g/mol. The van der Waals surface area contributed by atoms with Gasteiger partial charge >= 0.3 is 6.09 Å². The van der Waals surface area contributed by atoms with Gasteiger partial charge in [0, 0.05) is 11.6 Å². The molecule has 140 valence electrons. The number of nitrogens with one attached hydrogen (secondary N) is 1. The van der Waals surface area contributed by atoms with E-state index in [0.29, 0.717) is 10.6 Å². The van der Waals surface area contributed by atoms with Crippen molar-refractivity contribution in [1.82, 2.24) is 5.32 Å². The van der Waals surface area contributed by atoms with E-state index in [1.54, 1.807) is 12.1 Å². The van der Waals surface area contributed by atoms with E-state index in [0.717, 1.165) is 16.7 Å². The molecule has 0 fully saturated rings. The molecule has 0 aliphatic heterocycles. The van der Waals surface area contributed by atoms with Crippen molar-refractivity contribution >= 4 is 17.7 Å². The zero-order valence-corrected chi connectivity index (χ0v) is 15.7. The highest BCUT2D eigenvalue weighted by Gasteiger charge is 2.20. The number of aryl methyl sites for hydroxylation is 2. The molecule has 0 saturated carbocycles. The van der Waals surface area contributed by atoms with Crippen molar-refractivity contribution in [2.75, 3.05) is 6.54 Å². The number of alkyl carbamates (subject to hydrolysis) is 1. The summed E-state index contributed by atoms with van der Waals surface area (Å²) in [6.45, 7) is 4.07. The Morgan fingerprint density at radius 1 is 1.15 bits per heavy atom. The number of hydrogen-bond donors (Lipinski definition) is 3. The first-order valence-electron chi connectivity index (χ1n) is 8.46. The average Bonchev–Trinajstić information content (AvgIpc) is 2.64. The molecule has 2 rings (SSSR count). The average molecular weight is 378 g/mol. The highest BCUT2D eigenvalue weighted by atomic mass is 35.5. The van der Waals surface area contributed by atoms with Crippen LogP contribution in [-0.2, 0) is 11.3 Å². The molecule has 0 bridgehead atoms.